The maximum Gasteiger partial charge on any atom is 0.412 e. The average molecular weight is 510 g/mol. The van der Waals surface area contributed by atoms with Gasteiger partial charge in [-0.2, -0.15) is 0 Å². The Balaban J connectivity index is 1.53. The van der Waals surface area contributed by atoms with Crippen LogP contribution in [0.4, 0.5) is 4.79 Å². The van der Waals surface area contributed by atoms with Gasteiger partial charge < -0.3 is 19.9 Å². The van der Waals surface area contributed by atoms with Crippen LogP contribution in [0.25, 0.3) is 10.9 Å². The van der Waals surface area contributed by atoms with E-state index in [9.17, 15) is 9.59 Å². The van der Waals surface area contributed by atoms with Gasteiger partial charge in [0.15, 0.2) is 0 Å². The number of amides is 1. The van der Waals surface area contributed by atoms with E-state index in [1.54, 1.807) is 0 Å². The zero-order chi connectivity index (χ0) is 26.3. The van der Waals surface area contributed by atoms with Crippen LogP contribution in [0.1, 0.15) is 54.6 Å². The van der Waals surface area contributed by atoms with Crippen molar-refractivity contribution >= 4 is 22.9 Å². The van der Waals surface area contributed by atoms with Crippen molar-refractivity contribution in [1.82, 2.24) is 24.6 Å². The molecule has 0 spiro atoms. The molecule has 1 saturated carbocycles. The van der Waals surface area contributed by atoms with Crippen molar-refractivity contribution in [1.29, 1.82) is 0 Å². The highest BCUT2D eigenvalue weighted by Crippen LogP contribution is 2.52. The van der Waals surface area contributed by atoms with E-state index in [0.717, 1.165) is 37.0 Å². The van der Waals surface area contributed by atoms with Gasteiger partial charge in [0.05, 0.1) is 5.52 Å². The molecule has 4 aliphatic rings. The van der Waals surface area contributed by atoms with Crippen LogP contribution < -0.4 is 10.1 Å². The molecule has 3 aliphatic heterocycles. The Morgan fingerprint density at radius 3 is 2.62 bits per heavy atom. The SMILES string of the molecule is CC[C@H]1C[C@@H]2C[C@H]3c4c(c5cc(OC(=O)NCCN(C)C)ccc5n4C(=O)CCN(C)C)CCN(C2)[C@@H]13. The Morgan fingerprint density at radius 2 is 1.89 bits per heavy atom. The van der Waals surface area contributed by atoms with Crippen LogP contribution in [-0.4, -0.2) is 98.2 Å². The lowest BCUT2D eigenvalue weighted by Crippen LogP contribution is -2.56. The predicted octanol–water partition coefficient (Wildman–Crippen LogP) is 3.64. The molecule has 1 aromatic carbocycles. The maximum absolute atomic E-state index is 13.8. The van der Waals surface area contributed by atoms with Crippen LogP contribution in [0.3, 0.4) is 0 Å². The molecule has 37 heavy (non-hydrogen) atoms. The average Bonchev–Trinajstić information content (AvgIpc) is 3.13. The molecule has 2 aromatic rings. The molecule has 2 saturated heterocycles. The van der Waals surface area contributed by atoms with Crippen molar-refractivity contribution in [3.63, 3.8) is 0 Å². The fourth-order valence-electron chi connectivity index (χ4n) is 7.12. The highest BCUT2D eigenvalue weighted by atomic mass is 16.6. The van der Waals surface area contributed by atoms with Gasteiger partial charge in [-0.25, -0.2) is 4.79 Å². The third-order valence-corrected chi connectivity index (χ3v) is 8.70. The zero-order valence-corrected chi connectivity index (χ0v) is 23.1. The quantitative estimate of drug-likeness (QED) is 0.586. The Kier molecular flexibility index (Phi) is 7.61. The molecule has 1 aliphatic carbocycles. The fraction of sp³-hybridized carbons (Fsp3) is 0.655. The lowest BCUT2D eigenvalue weighted by atomic mass is 9.65. The second kappa shape index (κ2) is 10.8. The molecule has 6 rings (SSSR count). The molecule has 4 heterocycles. The van der Waals surface area contributed by atoms with Crippen LogP contribution in [0.15, 0.2) is 18.2 Å². The van der Waals surface area contributed by atoms with E-state index in [4.69, 9.17) is 4.74 Å². The lowest BCUT2D eigenvalue weighted by molar-refractivity contribution is -0.0140. The summed E-state index contributed by atoms with van der Waals surface area (Å²) in [5.41, 5.74) is 3.47. The molecule has 0 radical (unpaired) electrons. The molecule has 5 atom stereocenters. The van der Waals surface area contributed by atoms with E-state index in [1.807, 2.05) is 51.3 Å². The summed E-state index contributed by atoms with van der Waals surface area (Å²) in [5.74, 6) is 2.47. The standard InChI is InChI=1S/C29H43N5O3/c1-6-20-15-19-16-24-27(20)33(18-19)13-9-22-23-17-21(37-29(36)30-11-14-32(4)5)7-8-25(23)34(28(22)24)26(35)10-12-31(2)3/h7-8,17,19-20,24,27H,6,9-16,18H2,1-5H3,(H,30,36)/t19-,20+,24-,27+/m1/s1. The van der Waals surface area contributed by atoms with E-state index >= 15 is 0 Å². The van der Waals surface area contributed by atoms with Gasteiger partial charge in [0.1, 0.15) is 5.75 Å². The minimum atomic E-state index is -0.446. The van der Waals surface area contributed by atoms with Crippen molar-refractivity contribution in [2.45, 2.75) is 51.0 Å². The van der Waals surface area contributed by atoms with E-state index in [-0.39, 0.29) is 5.91 Å². The van der Waals surface area contributed by atoms with E-state index in [1.165, 1.54) is 37.1 Å². The van der Waals surface area contributed by atoms with Gasteiger partial charge in [-0.15, -0.1) is 0 Å². The van der Waals surface area contributed by atoms with Crippen LogP contribution >= 0.6 is 0 Å². The Hall–Kier alpha value is -2.42. The molecule has 4 bridgehead atoms. The summed E-state index contributed by atoms with van der Waals surface area (Å²) in [4.78, 5) is 33.0. The minimum Gasteiger partial charge on any atom is -0.410 e. The van der Waals surface area contributed by atoms with Gasteiger partial charge in [-0.1, -0.05) is 13.3 Å². The smallest absolute Gasteiger partial charge is 0.410 e. The summed E-state index contributed by atoms with van der Waals surface area (Å²) in [6.45, 7) is 6.54. The second-order valence-corrected chi connectivity index (χ2v) is 11.8. The number of benzene rings is 1. The van der Waals surface area contributed by atoms with E-state index in [2.05, 4.69) is 26.6 Å². The number of rotatable bonds is 8. The molecule has 1 N–H and O–H groups in total. The molecule has 1 aromatic heterocycles. The van der Waals surface area contributed by atoms with E-state index < -0.39 is 6.09 Å². The van der Waals surface area contributed by atoms with Crippen molar-refractivity contribution in [3.05, 3.63) is 29.5 Å². The van der Waals surface area contributed by atoms with Crippen LogP contribution in [0.2, 0.25) is 0 Å². The molecule has 202 valence electrons. The summed E-state index contributed by atoms with van der Waals surface area (Å²) in [6, 6.07) is 6.31. The first kappa shape index (κ1) is 26.2. The van der Waals surface area contributed by atoms with Gasteiger partial charge >= 0.3 is 6.09 Å². The Morgan fingerprint density at radius 1 is 1.11 bits per heavy atom. The number of fused-ring (bicyclic) bond motifs is 4. The number of hydrogen-bond donors (Lipinski definition) is 1. The van der Waals surface area contributed by atoms with E-state index in [0.29, 0.717) is 42.5 Å². The van der Waals surface area contributed by atoms with Gasteiger partial charge in [0, 0.05) is 62.2 Å². The number of hydrogen-bond acceptors (Lipinski definition) is 6. The number of aromatic nitrogens is 1. The number of nitrogens with zero attached hydrogens (tertiary/aromatic N) is 4. The number of likely N-dealkylation sites (N-methyl/N-ethyl adjacent to an activating group) is 1. The van der Waals surface area contributed by atoms with Crippen molar-refractivity contribution in [2.75, 3.05) is 60.9 Å². The largest absolute Gasteiger partial charge is 0.412 e. The first-order valence-corrected chi connectivity index (χ1v) is 14.0. The first-order chi connectivity index (χ1) is 17.8. The lowest BCUT2D eigenvalue weighted by Gasteiger charge is -2.53. The van der Waals surface area contributed by atoms with Crippen LogP contribution in [0.5, 0.6) is 5.75 Å². The molecule has 8 nitrogen and oxygen atoms in total. The molecule has 1 unspecified atom stereocenters. The molecular formula is C29H43N5O3. The van der Waals surface area contributed by atoms with Gasteiger partial charge in [0.25, 0.3) is 0 Å². The normalized spacial score (nSPS) is 26.4. The van der Waals surface area contributed by atoms with Crippen molar-refractivity contribution in [3.8, 4) is 5.75 Å². The summed E-state index contributed by atoms with van der Waals surface area (Å²) in [7, 11) is 7.96. The van der Waals surface area contributed by atoms with Crippen LogP contribution in [-0.2, 0) is 6.42 Å². The monoisotopic (exact) mass is 509 g/mol. The Labute approximate surface area is 220 Å². The summed E-state index contributed by atoms with van der Waals surface area (Å²) in [5, 5.41) is 3.88. The van der Waals surface area contributed by atoms with Crippen LogP contribution in [0, 0.1) is 11.8 Å². The number of piperidine rings is 2. The number of carbonyl (C=O) groups is 2. The van der Waals surface area contributed by atoms with Gasteiger partial charge in [-0.3, -0.25) is 14.3 Å². The van der Waals surface area contributed by atoms with Gasteiger partial charge in [0.2, 0.25) is 5.91 Å². The number of carbonyl (C=O) groups excluding carboxylic acids is 2. The summed E-state index contributed by atoms with van der Waals surface area (Å²) >= 11 is 0. The first-order valence-electron chi connectivity index (χ1n) is 14.0. The highest BCUT2D eigenvalue weighted by molar-refractivity contribution is 5.97. The molecule has 8 heteroatoms. The highest BCUT2D eigenvalue weighted by Gasteiger charge is 2.49. The summed E-state index contributed by atoms with van der Waals surface area (Å²) < 4.78 is 7.72. The molecule has 3 fully saturated rings. The van der Waals surface area contributed by atoms with Crippen molar-refractivity contribution < 1.29 is 14.3 Å². The predicted molar refractivity (Wildman–Crippen MR) is 147 cm³/mol. The maximum atomic E-state index is 13.8. The third-order valence-electron chi connectivity index (χ3n) is 8.70. The molecular weight excluding hydrogens is 466 g/mol. The number of ether oxygens (including phenoxy) is 1. The van der Waals surface area contributed by atoms with Gasteiger partial charge in [-0.05, 0) is 83.1 Å². The Bertz CT molecular complexity index is 1160. The summed E-state index contributed by atoms with van der Waals surface area (Å²) in [6.07, 6.45) is 4.64. The minimum absolute atomic E-state index is 0.165. The second-order valence-electron chi connectivity index (χ2n) is 11.8. The fourth-order valence-corrected chi connectivity index (χ4v) is 7.12. The van der Waals surface area contributed by atoms with Crippen molar-refractivity contribution in [2.24, 2.45) is 11.8 Å². The number of nitrogens with one attached hydrogen (secondary N) is 1. The molecule has 1 amide bonds. The third kappa shape index (κ3) is 5.16. The topological polar surface area (TPSA) is 70.0 Å². The zero-order valence-electron chi connectivity index (χ0n) is 23.1.